The smallest absolute Gasteiger partial charge is 0.224 e. The van der Waals surface area contributed by atoms with Crippen LogP contribution in [-0.2, 0) is 6.54 Å². The van der Waals surface area contributed by atoms with E-state index in [1.54, 1.807) is 4.68 Å². The van der Waals surface area contributed by atoms with E-state index in [-0.39, 0.29) is 11.4 Å². The highest BCUT2D eigenvalue weighted by Gasteiger charge is 2.31. The van der Waals surface area contributed by atoms with Crippen LogP contribution in [0.4, 0.5) is 0 Å². The molecule has 0 N–H and O–H groups in total. The van der Waals surface area contributed by atoms with Gasteiger partial charge in [-0.2, -0.15) is 5.10 Å². The monoisotopic (exact) mass is 300 g/mol. The molecule has 17 heavy (non-hydrogen) atoms. The molecular weight excluding hydrogens is 284 g/mol. The van der Waals surface area contributed by atoms with Crippen LogP contribution in [0.15, 0.2) is 4.60 Å². The predicted molar refractivity (Wildman–Crippen MR) is 68.5 cm³/mol. The van der Waals surface area contributed by atoms with Crippen molar-refractivity contribution in [3.8, 4) is 5.88 Å². The summed E-state index contributed by atoms with van der Waals surface area (Å²) < 4.78 is 8.36. The Hall–Kier alpha value is -0.840. The molecule has 0 aliphatic carbocycles. The molecule has 2 heterocycles. The number of ketones is 1. The molecule has 0 atom stereocenters. The number of carbonyl (C=O) groups is 1. The fraction of sp³-hybridized carbons (Fsp3) is 0.667. The van der Waals surface area contributed by atoms with E-state index in [0.717, 1.165) is 19.4 Å². The Morgan fingerprint density at radius 3 is 2.94 bits per heavy atom. The van der Waals surface area contributed by atoms with Crippen molar-refractivity contribution < 1.29 is 9.53 Å². The first-order valence-electron chi connectivity index (χ1n) is 5.93. The van der Waals surface area contributed by atoms with Crippen LogP contribution in [0.1, 0.15) is 50.4 Å². The number of carbonyl (C=O) groups excluding carboxylic acids is 1. The van der Waals surface area contributed by atoms with Gasteiger partial charge in [-0.3, -0.25) is 4.79 Å². The first kappa shape index (κ1) is 12.6. The van der Waals surface area contributed by atoms with Crippen LogP contribution < -0.4 is 4.74 Å². The van der Waals surface area contributed by atoms with Crippen molar-refractivity contribution in [2.45, 2.75) is 52.2 Å². The van der Waals surface area contributed by atoms with E-state index in [0.29, 0.717) is 22.5 Å². The van der Waals surface area contributed by atoms with Crippen molar-refractivity contribution in [2.75, 3.05) is 0 Å². The first-order chi connectivity index (χ1) is 7.94. The van der Waals surface area contributed by atoms with Crippen molar-refractivity contribution in [3.63, 3.8) is 0 Å². The van der Waals surface area contributed by atoms with Gasteiger partial charge in [0.2, 0.25) is 5.88 Å². The van der Waals surface area contributed by atoms with Crippen LogP contribution in [0.2, 0.25) is 0 Å². The molecule has 0 radical (unpaired) electrons. The molecule has 0 bridgehead atoms. The molecule has 0 saturated carbocycles. The van der Waals surface area contributed by atoms with Gasteiger partial charge in [0.25, 0.3) is 0 Å². The molecule has 0 spiro atoms. The minimum Gasteiger partial charge on any atom is -0.471 e. The average molecular weight is 301 g/mol. The molecule has 0 aromatic carbocycles. The lowest BCUT2D eigenvalue weighted by atomic mass is 10.0. The molecule has 1 aromatic rings. The Labute approximate surface area is 109 Å². The zero-order chi connectivity index (χ0) is 12.6. The lowest BCUT2D eigenvalue weighted by Gasteiger charge is -2.23. The number of ether oxygens (including phenoxy) is 1. The maximum Gasteiger partial charge on any atom is 0.224 e. The minimum atomic E-state index is -0.240. The molecule has 5 heteroatoms. The maximum atomic E-state index is 11.9. The molecule has 94 valence electrons. The van der Waals surface area contributed by atoms with Crippen molar-refractivity contribution in [1.82, 2.24) is 9.78 Å². The molecule has 1 aliphatic heterocycles. The molecule has 1 aliphatic rings. The summed E-state index contributed by atoms with van der Waals surface area (Å²) in [5.74, 6) is 0.682. The standard InChI is InChI=1S/C12H17BrN2O2/c1-4-8(16)9-10(13)14-15-7-5-6-12(2,3)17-11(9)15/h4-7H2,1-3H3. The molecule has 0 unspecified atom stereocenters. The van der Waals surface area contributed by atoms with E-state index in [1.165, 1.54) is 0 Å². The second-order valence-electron chi connectivity index (χ2n) is 4.94. The lowest BCUT2D eigenvalue weighted by Crippen LogP contribution is -2.27. The Kier molecular flexibility index (Phi) is 3.30. The van der Waals surface area contributed by atoms with Gasteiger partial charge in [0.1, 0.15) is 15.8 Å². The normalized spacial score (nSPS) is 18.1. The molecule has 0 fully saturated rings. The minimum absolute atomic E-state index is 0.0656. The van der Waals surface area contributed by atoms with E-state index in [2.05, 4.69) is 21.0 Å². The van der Waals surface area contributed by atoms with Crippen molar-refractivity contribution >= 4 is 21.7 Å². The zero-order valence-electron chi connectivity index (χ0n) is 10.4. The number of aromatic nitrogens is 2. The summed E-state index contributed by atoms with van der Waals surface area (Å²) >= 11 is 3.35. The first-order valence-corrected chi connectivity index (χ1v) is 6.72. The highest BCUT2D eigenvalue weighted by Crippen LogP contribution is 2.34. The van der Waals surface area contributed by atoms with Gasteiger partial charge >= 0.3 is 0 Å². The lowest BCUT2D eigenvalue weighted by molar-refractivity contribution is 0.0904. The summed E-state index contributed by atoms with van der Waals surface area (Å²) in [4.78, 5) is 11.9. The number of hydrogen-bond donors (Lipinski definition) is 0. The molecule has 0 saturated heterocycles. The van der Waals surface area contributed by atoms with Gasteiger partial charge in [0.05, 0.1) is 0 Å². The van der Waals surface area contributed by atoms with Crippen molar-refractivity contribution in [1.29, 1.82) is 0 Å². The van der Waals surface area contributed by atoms with E-state index in [4.69, 9.17) is 4.74 Å². The highest BCUT2D eigenvalue weighted by atomic mass is 79.9. The van der Waals surface area contributed by atoms with Crippen LogP contribution >= 0.6 is 15.9 Å². The molecule has 4 nitrogen and oxygen atoms in total. The van der Waals surface area contributed by atoms with E-state index >= 15 is 0 Å². The number of aryl methyl sites for hydroxylation is 1. The maximum absolute atomic E-state index is 11.9. The quantitative estimate of drug-likeness (QED) is 0.788. The van der Waals surface area contributed by atoms with Crippen LogP contribution in [0.25, 0.3) is 0 Å². The van der Waals surface area contributed by atoms with Gasteiger partial charge in [-0.1, -0.05) is 6.92 Å². The molecule has 1 aromatic heterocycles. The van der Waals surface area contributed by atoms with Crippen LogP contribution in [0, 0.1) is 0 Å². The summed E-state index contributed by atoms with van der Waals surface area (Å²) in [5.41, 5.74) is 0.346. The van der Waals surface area contributed by atoms with Crippen LogP contribution in [0.3, 0.4) is 0 Å². The Morgan fingerprint density at radius 2 is 2.29 bits per heavy atom. The third kappa shape index (κ3) is 2.39. The Bertz CT molecular complexity index is 452. The number of rotatable bonds is 2. The number of fused-ring (bicyclic) bond motifs is 1. The summed E-state index contributed by atoms with van der Waals surface area (Å²) in [7, 11) is 0. The summed E-state index contributed by atoms with van der Waals surface area (Å²) in [6.45, 7) is 6.74. The largest absolute Gasteiger partial charge is 0.471 e. The Morgan fingerprint density at radius 1 is 1.59 bits per heavy atom. The average Bonchev–Trinajstić information content (AvgIpc) is 2.45. The topological polar surface area (TPSA) is 44.1 Å². The summed E-state index contributed by atoms with van der Waals surface area (Å²) in [6, 6.07) is 0. The van der Waals surface area contributed by atoms with Gasteiger partial charge in [0, 0.05) is 13.0 Å². The third-order valence-electron chi connectivity index (χ3n) is 2.98. The zero-order valence-corrected chi connectivity index (χ0v) is 12.0. The molecule has 0 amide bonds. The second-order valence-corrected chi connectivity index (χ2v) is 5.69. The van der Waals surface area contributed by atoms with Crippen molar-refractivity contribution in [3.05, 3.63) is 10.2 Å². The highest BCUT2D eigenvalue weighted by molar-refractivity contribution is 9.10. The van der Waals surface area contributed by atoms with E-state index in [9.17, 15) is 4.79 Å². The second kappa shape index (κ2) is 4.44. The Balaban J connectivity index is 2.49. The number of Topliss-reactive ketones (excluding diaryl/α,β-unsaturated/α-hetero) is 1. The van der Waals surface area contributed by atoms with Crippen molar-refractivity contribution in [2.24, 2.45) is 0 Å². The summed E-state index contributed by atoms with van der Waals surface area (Å²) in [6.07, 6.45) is 2.43. The fourth-order valence-corrected chi connectivity index (χ4v) is 2.63. The summed E-state index contributed by atoms with van der Waals surface area (Å²) in [5, 5.41) is 4.33. The van der Waals surface area contributed by atoms with Crippen LogP contribution in [-0.4, -0.2) is 21.2 Å². The van der Waals surface area contributed by atoms with Gasteiger partial charge in [-0.05, 0) is 42.6 Å². The number of hydrogen-bond acceptors (Lipinski definition) is 3. The SMILES string of the molecule is CCC(=O)c1c(Br)nn2c1OC(C)(C)CCC2. The number of halogens is 1. The van der Waals surface area contributed by atoms with Gasteiger partial charge in [-0.25, -0.2) is 4.68 Å². The van der Waals surface area contributed by atoms with Gasteiger partial charge in [0.15, 0.2) is 5.78 Å². The predicted octanol–water partition coefficient (Wildman–Crippen LogP) is 3.19. The number of nitrogens with zero attached hydrogens (tertiary/aromatic N) is 2. The third-order valence-corrected chi connectivity index (χ3v) is 3.54. The molecular formula is C12H17BrN2O2. The molecule has 2 rings (SSSR count). The fourth-order valence-electron chi connectivity index (χ4n) is 2.05. The van der Waals surface area contributed by atoms with Crippen LogP contribution in [0.5, 0.6) is 5.88 Å². The van der Waals surface area contributed by atoms with E-state index in [1.807, 2.05) is 20.8 Å². The van der Waals surface area contributed by atoms with Gasteiger partial charge in [-0.15, -0.1) is 0 Å². The van der Waals surface area contributed by atoms with Gasteiger partial charge < -0.3 is 4.74 Å². The van der Waals surface area contributed by atoms with E-state index < -0.39 is 0 Å².